The van der Waals surface area contributed by atoms with Gasteiger partial charge in [0.25, 0.3) is 0 Å². The minimum absolute atomic E-state index is 0.0130. The van der Waals surface area contributed by atoms with Gasteiger partial charge in [-0.1, -0.05) is 25.5 Å². The van der Waals surface area contributed by atoms with Crippen molar-refractivity contribution in [3.05, 3.63) is 35.4 Å². The van der Waals surface area contributed by atoms with Crippen molar-refractivity contribution < 1.29 is 8.78 Å². The minimum atomic E-state index is -0.735. The van der Waals surface area contributed by atoms with Gasteiger partial charge in [0.15, 0.2) is 11.6 Å². The van der Waals surface area contributed by atoms with Gasteiger partial charge in [0.05, 0.1) is 0 Å². The van der Waals surface area contributed by atoms with Gasteiger partial charge in [-0.25, -0.2) is 8.78 Å². The zero-order valence-electron chi connectivity index (χ0n) is 10.6. The second-order valence-electron chi connectivity index (χ2n) is 5.51. The highest BCUT2D eigenvalue weighted by Gasteiger charge is 2.56. The molecule has 0 aromatic heterocycles. The van der Waals surface area contributed by atoms with Crippen LogP contribution in [-0.4, -0.2) is 6.54 Å². The maximum absolute atomic E-state index is 13.9. The van der Waals surface area contributed by atoms with Crippen LogP contribution in [0, 0.1) is 29.4 Å². The summed E-state index contributed by atoms with van der Waals surface area (Å²) in [5.41, 5.74) is 0.510. The number of fused-ring (bicyclic) bond motifs is 1. The number of benzene rings is 1. The molecule has 2 aliphatic rings. The van der Waals surface area contributed by atoms with Gasteiger partial charge in [-0.05, 0) is 43.2 Å². The van der Waals surface area contributed by atoms with Gasteiger partial charge >= 0.3 is 0 Å². The molecule has 0 heterocycles. The lowest BCUT2D eigenvalue weighted by molar-refractivity contribution is 0.400. The van der Waals surface area contributed by atoms with Crippen molar-refractivity contribution in [2.75, 3.05) is 6.54 Å². The Balaban J connectivity index is 1.87. The molecular weight excluding hydrogens is 232 g/mol. The number of hydrogen-bond acceptors (Lipinski definition) is 1. The fourth-order valence-electron chi connectivity index (χ4n) is 3.81. The third-order valence-corrected chi connectivity index (χ3v) is 4.60. The third-order valence-electron chi connectivity index (χ3n) is 4.60. The van der Waals surface area contributed by atoms with Crippen LogP contribution in [0.5, 0.6) is 0 Å². The Kier molecular flexibility index (Phi) is 3.10. The van der Waals surface area contributed by atoms with Crippen molar-refractivity contribution in [2.24, 2.45) is 17.8 Å². The first-order valence-electron chi connectivity index (χ1n) is 6.91. The summed E-state index contributed by atoms with van der Waals surface area (Å²) in [6.45, 7) is 2.80. The predicted molar refractivity (Wildman–Crippen MR) is 67.1 cm³/mol. The van der Waals surface area contributed by atoms with E-state index < -0.39 is 11.6 Å². The van der Waals surface area contributed by atoms with Crippen molar-refractivity contribution in [3.8, 4) is 0 Å². The minimum Gasteiger partial charge on any atom is -0.310 e. The fourth-order valence-corrected chi connectivity index (χ4v) is 3.81. The number of rotatable bonds is 4. The SMILES string of the molecule is CCNC(c1cccc(F)c1F)C1C2CCCC21. The van der Waals surface area contributed by atoms with Gasteiger partial charge in [-0.3, -0.25) is 0 Å². The Bertz CT molecular complexity index is 436. The smallest absolute Gasteiger partial charge is 0.163 e. The highest BCUT2D eigenvalue weighted by Crippen LogP contribution is 2.62. The van der Waals surface area contributed by atoms with Crippen LogP contribution in [0.1, 0.15) is 37.8 Å². The summed E-state index contributed by atoms with van der Waals surface area (Å²) >= 11 is 0. The summed E-state index contributed by atoms with van der Waals surface area (Å²) in [6.07, 6.45) is 3.82. The van der Waals surface area contributed by atoms with Gasteiger partial charge in [-0.2, -0.15) is 0 Å². The van der Waals surface area contributed by atoms with Crippen LogP contribution in [0.25, 0.3) is 0 Å². The van der Waals surface area contributed by atoms with Crippen LogP contribution in [0.2, 0.25) is 0 Å². The lowest BCUT2D eigenvalue weighted by atomic mass is 9.96. The van der Waals surface area contributed by atoms with Crippen LogP contribution in [0.4, 0.5) is 8.78 Å². The largest absolute Gasteiger partial charge is 0.310 e. The van der Waals surface area contributed by atoms with E-state index in [9.17, 15) is 8.78 Å². The van der Waals surface area contributed by atoms with Gasteiger partial charge < -0.3 is 5.32 Å². The number of hydrogen-bond donors (Lipinski definition) is 1. The number of nitrogens with one attached hydrogen (secondary N) is 1. The van der Waals surface area contributed by atoms with Gasteiger partial charge in [-0.15, -0.1) is 0 Å². The summed E-state index contributed by atoms with van der Waals surface area (Å²) in [6, 6.07) is 4.51. The molecule has 0 bridgehead atoms. The first kappa shape index (κ1) is 12.1. The molecule has 2 aliphatic carbocycles. The van der Waals surface area contributed by atoms with Gasteiger partial charge in [0.2, 0.25) is 0 Å². The third kappa shape index (κ3) is 1.85. The lowest BCUT2D eigenvalue weighted by Gasteiger charge is -2.21. The summed E-state index contributed by atoms with van der Waals surface area (Å²) in [4.78, 5) is 0. The molecule has 2 fully saturated rings. The molecule has 18 heavy (non-hydrogen) atoms. The normalized spacial score (nSPS) is 31.2. The van der Waals surface area contributed by atoms with E-state index >= 15 is 0 Å². The van der Waals surface area contributed by atoms with Crippen LogP contribution in [-0.2, 0) is 0 Å². The molecular formula is C15H19F2N. The zero-order chi connectivity index (χ0) is 12.7. The van der Waals surface area contributed by atoms with E-state index in [2.05, 4.69) is 5.32 Å². The molecule has 3 heteroatoms. The van der Waals surface area contributed by atoms with E-state index in [-0.39, 0.29) is 6.04 Å². The summed E-state index contributed by atoms with van der Waals surface area (Å²) < 4.78 is 27.3. The highest BCUT2D eigenvalue weighted by atomic mass is 19.2. The zero-order valence-corrected chi connectivity index (χ0v) is 10.6. The molecule has 98 valence electrons. The first-order chi connectivity index (χ1) is 8.74. The van der Waals surface area contributed by atoms with E-state index in [1.807, 2.05) is 6.92 Å². The standard InChI is InChI=1S/C15H19F2N/c1-2-18-15(13-9-5-3-6-10(9)13)11-7-4-8-12(16)14(11)17/h4,7-10,13,15,18H,2-3,5-6H2,1H3. The quantitative estimate of drug-likeness (QED) is 0.861. The lowest BCUT2D eigenvalue weighted by Crippen LogP contribution is -2.25. The molecule has 3 atom stereocenters. The highest BCUT2D eigenvalue weighted by molar-refractivity contribution is 5.26. The predicted octanol–water partition coefficient (Wildman–Crippen LogP) is 3.66. The Labute approximate surface area is 107 Å². The summed E-state index contributed by atoms with van der Waals surface area (Å²) in [7, 11) is 0. The molecule has 3 unspecified atom stereocenters. The first-order valence-corrected chi connectivity index (χ1v) is 6.91. The molecule has 0 aliphatic heterocycles. The van der Waals surface area contributed by atoms with Crippen molar-refractivity contribution >= 4 is 0 Å². The van der Waals surface area contributed by atoms with E-state index in [1.165, 1.54) is 25.3 Å². The molecule has 0 amide bonds. The van der Waals surface area contributed by atoms with Crippen LogP contribution < -0.4 is 5.32 Å². The van der Waals surface area contributed by atoms with Crippen molar-refractivity contribution in [2.45, 2.75) is 32.2 Å². The molecule has 1 aromatic rings. The van der Waals surface area contributed by atoms with E-state index in [0.717, 1.165) is 18.4 Å². The molecule has 0 radical (unpaired) electrons. The van der Waals surface area contributed by atoms with E-state index in [4.69, 9.17) is 0 Å². The summed E-state index contributed by atoms with van der Waals surface area (Å²) in [5.74, 6) is 0.568. The Morgan fingerprint density at radius 1 is 1.28 bits per heavy atom. The van der Waals surface area contributed by atoms with E-state index in [1.54, 1.807) is 12.1 Å². The maximum atomic E-state index is 13.9. The Morgan fingerprint density at radius 3 is 2.67 bits per heavy atom. The molecule has 0 saturated heterocycles. The van der Waals surface area contributed by atoms with E-state index in [0.29, 0.717) is 11.5 Å². The topological polar surface area (TPSA) is 12.0 Å². The average Bonchev–Trinajstić information content (AvgIpc) is 2.83. The second kappa shape index (κ2) is 4.61. The van der Waals surface area contributed by atoms with Gasteiger partial charge in [0, 0.05) is 11.6 Å². The van der Waals surface area contributed by atoms with Crippen LogP contribution in [0.3, 0.4) is 0 Å². The molecule has 0 spiro atoms. The molecule has 1 N–H and O–H groups in total. The molecule has 1 aromatic carbocycles. The summed E-state index contributed by atoms with van der Waals surface area (Å²) in [5, 5.41) is 3.35. The fraction of sp³-hybridized carbons (Fsp3) is 0.600. The molecule has 1 nitrogen and oxygen atoms in total. The van der Waals surface area contributed by atoms with Gasteiger partial charge in [0.1, 0.15) is 0 Å². The van der Waals surface area contributed by atoms with Crippen molar-refractivity contribution in [1.82, 2.24) is 5.32 Å². The number of halogens is 2. The van der Waals surface area contributed by atoms with Crippen molar-refractivity contribution in [1.29, 1.82) is 0 Å². The Morgan fingerprint density at radius 2 is 2.00 bits per heavy atom. The monoisotopic (exact) mass is 251 g/mol. The van der Waals surface area contributed by atoms with Crippen LogP contribution >= 0.6 is 0 Å². The molecule has 2 saturated carbocycles. The van der Waals surface area contributed by atoms with Crippen LogP contribution in [0.15, 0.2) is 18.2 Å². The second-order valence-corrected chi connectivity index (χ2v) is 5.51. The Hall–Kier alpha value is -0.960. The molecule has 3 rings (SSSR count). The maximum Gasteiger partial charge on any atom is 0.163 e. The van der Waals surface area contributed by atoms with Crippen molar-refractivity contribution in [3.63, 3.8) is 0 Å². The average molecular weight is 251 g/mol.